The number of nitriles is 2. The van der Waals surface area contributed by atoms with Gasteiger partial charge in [-0.25, -0.2) is 4.98 Å². The fourth-order valence-electron chi connectivity index (χ4n) is 2.11. The molecule has 2 N–H and O–H groups in total. The number of hydrogen-bond acceptors (Lipinski definition) is 4. The van der Waals surface area contributed by atoms with Crippen LogP contribution >= 0.6 is 0 Å². The van der Waals surface area contributed by atoms with E-state index in [1.165, 1.54) is 0 Å². The summed E-state index contributed by atoms with van der Waals surface area (Å²) in [5, 5.41) is 18.0. The lowest BCUT2D eigenvalue weighted by Crippen LogP contribution is -1.94. The van der Waals surface area contributed by atoms with Crippen LogP contribution in [0.25, 0.3) is 16.7 Å². The van der Waals surface area contributed by atoms with Crippen molar-refractivity contribution in [3.05, 3.63) is 53.9 Å². The molecule has 0 amide bonds. The molecule has 0 aliphatic heterocycles. The van der Waals surface area contributed by atoms with Gasteiger partial charge >= 0.3 is 0 Å². The zero-order chi connectivity index (χ0) is 14.1. The van der Waals surface area contributed by atoms with Gasteiger partial charge in [-0.05, 0) is 36.4 Å². The number of hydrogen-bond donors (Lipinski definition) is 1. The number of aromatic nitrogens is 2. The molecule has 0 bridgehead atoms. The number of benzene rings is 2. The fourth-order valence-corrected chi connectivity index (χ4v) is 2.11. The molecule has 0 saturated carbocycles. The predicted molar refractivity (Wildman–Crippen MR) is 74.9 cm³/mol. The van der Waals surface area contributed by atoms with E-state index in [4.69, 9.17) is 16.3 Å². The summed E-state index contributed by atoms with van der Waals surface area (Å²) < 4.78 is 1.86. The van der Waals surface area contributed by atoms with Crippen LogP contribution in [0.3, 0.4) is 0 Å². The van der Waals surface area contributed by atoms with Gasteiger partial charge in [0.1, 0.15) is 18.5 Å². The molecular formula is C15H9N5. The van der Waals surface area contributed by atoms with Gasteiger partial charge < -0.3 is 5.73 Å². The normalized spacial score (nSPS) is 10.1. The molecule has 0 unspecified atom stereocenters. The van der Waals surface area contributed by atoms with Gasteiger partial charge in [-0.3, -0.25) is 4.57 Å². The van der Waals surface area contributed by atoms with E-state index in [1.807, 2.05) is 22.8 Å². The maximum atomic E-state index is 9.08. The summed E-state index contributed by atoms with van der Waals surface area (Å²) in [6.45, 7) is 0. The number of nitrogen functional groups attached to an aromatic ring is 1. The Hall–Kier alpha value is -3.31. The van der Waals surface area contributed by atoms with E-state index in [-0.39, 0.29) is 0 Å². The van der Waals surface area contributed by atoms with Gasteiger partial charge in [0, 0.05) is 11.4 Å². The third-order valence-electron chi connectivity index (χ3n) is 3.09. The van der Waals surface area contributed by atoms with Gasteiger partial charge in [-0.2, -0.15) is 10.5 Å². The van der Waals surface area contributed by atoms with Crippen molar-refractivity contribution < 1.29 is 0 Å². The Bertz CT molecular complexity index is 893. The third kappa shape index (κ3) is 1.75. The van der Waals surface area contributed by atoms with Gasteiger partial charge in [-0.1, -0.05) is 0 Å². The Morgan fingerprint density at radius 3 is 2.55 bits per heavy atom. The van der Waals surface area contributed by atoms with E-state index in [0.29, 0.717) is 16.8 Å². The number of fused-ring (bicyclic) bond motifs is 1. The highest BCUT2D eigenvalue weighted by molar-refractivity contribution is 5.80. The average molecular weight is 259 g/mol. The monoisotopic (exact) mass is 259 g/mol. The molecule has 2 aromatic carbocycles. The SMILES string of the molecule is N#Cc1ccc(-n2cnc3cc(N)ccc32)cc1C#N. The molecule has 20 heavy (non-hydrogen) atoms. The largest absolute Gasteiger partial charge is 0.399 e. The van der Waals surface area contributed by atoms with E-state index in [2.05, 4.69) is 4.98 Å². The molecule has 3 rings (SSSR count). The lowest BCUT2D eigenvalue weighted by molar-refractivity contribution is 1.09. The van der Waals surface area contributed by atoms with Crippen molar-refractivity contribution in [1.82, 2.24) is 9.55 Å². The van der Waals surface area contributed by atoms with Crippen molar-refractivity contribution in [2.24, 2.45) is 0 Å². The number of nitrogens with two attached hydrogens (primary N) is 1. The van der Waals surface area contributed by atoms with Gasteiger partial charge in [0.2, 0.25) is 0 Å². The van der Waals surface area contributed by atoms with E-state index in [0.717, 1.165) is 16.7 Å². The summed E-state index contributed by atoms with van der Waals surface area (Å²) in [7, 11) is 0. The molecule has 5 heteroatoms. The predicted octanol–water partition coefficient (Wildman–Crippen LogP) is 2.35. The Morgan fingerprint density at radius 1 is 1.00 bits per heavy atom. The average Bonchev–Trinajstić information content (AvgIpc) is 2.89. The van der Waals surface area contributed by atoms with E-state index < -0.39 is 0 Å². The molecule has 3 aromatic rings. The summed E-state index contributed by atoms with van der Waals surface area (Å²) in [5.74, 6) is 0. The van der Waals surface area contributed by atoms with Gasteiger partial charge in [0.25, 0.3) is 0 Å². The molecule has 1 aromatic heterocycles. The number of rotatable bonds is 1. The van der Waals surface area contributed by atoms with Crippen molar-refractivity contribution in [3.8, 4) is 17.8 Å². The first-order valence-electron chi connectivity index (χ1n) is 5.90. The minimum atomic E-state index is 0.349. The smallest absolute Gasteiger partial charge is 0.101 e. The van der Waals surface area contributed by atoms with Crippen LogP contribution in [-0.2, 0) is 0 Å². The van der Waals surface area contributed by atoms with Crippen LogP contribution in [0.4, 0.5) is 5.69 Å². The van der Waals surface area contributed by atoms with Crippen LogP contribution in [-0.4, -0.2) is 9.55 Å². The van der Waals surface area contributed by atoms with E-state index in [1.54, 1.807) is 36.7 Å². The molecule has 0 fully saturated rings. The van der Waals surface area contributed by atoms with Crippen molar-refractivity contribution in [2.45, 2.75) is 0 Å². The molecule has 0 atom stereocenters. The van der Waals surface area contributed by atoms with Crippen molar-refractivity contribution in [3.63, 3.8) is 0 Å². The van der Waals surface area contributed by atoms with Gasteiger partial charge in [0.05, 0.1) is 22.2 Å². The standard InChI is InChI=1S/C15H9N5/c16-7-10-1-3-13(5-11(10)8-17)20-9-19-14-6-12(18)2-4-15(14)20/h1-6,9H,18H2. The molecule has 94 valence electrons. The number of anilines is 1. The highest BCUT2D eigenvalue weighted by Crippen LogP contribution is 2.21. The molecule has 0 radical (unpaired) electrons. The fraction of sp³-hybridized carbons (Fsp3) is 0. The summed E-state index contributed by atoms with van der Waals surface area (Å²) >= 11 is 0. The molecule has 1 heterocycles. The van der Waals surface area contributed by atoms with Crippen molar-refractivity contribution in [1.29, 1.82) is 10.5 Å². The summed E-state index contributed by atoms with van der Waals surface area (Å²) in [5.41, 5.74) is 9.56. The first-order chi connectivity index (χ1) is 9.72. The minimum absolute atomic E-state index is 0.349. The van der Waals surface area contributed by atoms with Gasteiger partial charge in [0.15, 0.2) is 0 Å². The van der Waals surface area contributed by atoms with Crippen LogP contribution in [0, 0.1) is 22.7 Å². The van der Waals surface area contributed by atoms with Crippen molar-refractivity contribution >= 4 is 16.7 Å². The molecule has 5 nitrogen and oxygen atoms in total. The second-order valence-electron chi connectivity index (χ2n) is 4.32. The Morgan fingerprint density at radius 2 is 1.80 bits per heavy atom. The summed E-state index contributed by atoms with van der Waals surface area (Å²) in [4.78, 5) is 4.29. The van der Waals surface area contributed by atoms with Crippen LogP contribution in [0.2, 0.25) is 0 Å². The van der Waals surface area contributed by atoms with Crippen molar-refractivity contribution in [2.75, 3.05) is 5.73 Å². The first-order valence-corrected chi connectivity index (χ1v) is 5.90. The Balaban J connectivity index is 2.22. The van der Waals surface area contributed by atoms with Crippen LogP contribution in [0.1, 0.15) is 11.1 Å². The van der Waals surface area contributed by atoms with Gasteiger partial charge in [-0.15, -0.1) is 0 Å². The quantitative estimate of drug-likeness (QED) is 0.679. The van der Waals surface area contributed by atoms with E-state index >= 15 is 0 Å². The highest BCUT2D eigenvalue weighted by atomic mass is 15.0. The molecular weight excluding hydrogens is 250 g/mol. The molecule has 0 aliphatic rings. The van der Waals surface area contributed by atoms with E-state index in [9.17, 15) is 0 Å². The first kappa shape index (κ1) is 11.8. The molecule has 0 saturated heterocycles. The maximum Gasteiger partial charge on any atom is 0.101 e. The second-order valence-corrected chi connectivity index (χ2v) is 4.32. The third-order valence-corrected chi connectivity index (χ3v) is 3.09. The Labute approximate surface area is 115 Å². The lowest BCUT2D eigenvalue weighted by atomic mass is 10.1. The molecule has 0 spiro atoms. The number of nitrogens with zero attached hydrogens (tertiary/aromatic N) is 4. The lowest BCUT2D eigenvalue weighted by Gasteiger charge is -2.05. The molecule has 0 aliphatic carbocycles. The van der Waals surface area contributed by atoms with Crippen LogP contribution in [0.5, 0.6) is 0 Å². The summed E-state index contributed by atoms with van der Waals surface area (Å²) in [6.07, 6.45) is 1.67. The Kier molecular flexibility index (Phi) is 2.60. The van der Waals surface area contributed by atoms with Crippen LogP contribution < -0.4 is 5.73 Å². The summed E-state index contributed by atoms with van der Waals surface area (Å²) in [6, 6.07) is 14.6. The number of imidazole rings is 1. The topological polar surface area (TPSA) is 91.4 Å². The maximum absolute atomic E-state index is 9.08. The van der Waals surface area contributed by atoms with Crippen LogP contribution in [0.15, 0.2) is 42.7 Å². The zero-order valence-electron chi connectivity index (χ0n) is 10.4. The highest BCUT2D eigenvalue weighted by Gasteiger charge is 2.08. The minimum Gasteiger partial charge on any atom is -0.399 e. The second kappa shape index (κ2) is 4.42. The zero-order valence-corrected chi connectivity index (χ0v) is 10.4.